The Morgan fingerprint density at radius 1 is 1.15 bits per heavy atom. The van der Waals surface area contributed by atoms with Gasteiger partial charge in [-0.25, -0.2) is 9.59 Å². The molecule has 18 nitrogen and oxygen atoms in total. The minimum atomic E-state index is -2.92. The van der Waals surface area contributed by atoms with Gasteiger partial charge in [-0.3, -0.25) is 9.89 Å². The molecule has 2 aliphatic carbocycles. The van der Waals surface area contributed by atoms with Gasteiger partial charge in [0.2, 0.25) is 12.1 Å². The first kappa shape index (κ1) is 48.5. The molecule has 11 atom stereocenters. The highest BCUT2D eigenvalue weighted by atomic mass is 33.1. The molecule has 1 saturated heterocycles. The third-order valence-corrected chi connectivity index (χ3v) is 15.3. The third-order valence-electron chi connectivity index (χ3n) is 12.8. The van der Waals surface area contributed by atoms with Gasteiger partial charge in [-0.1, -0.05) is 52.7 Å². The number of aliphatic hydroxyl groups excluding tert-OH is 4. The van der Waals surface area contributed by atoms with Crippen molar-refractivity contribution < 1.29 is 73.9 Å². The van der Waals surface area contributed by atoms with Gasteiger partial charge in [0.05, 0.1) is 48.5 Å². The highest BCUT2D eigenvalue weighted by molar-refractivity contribution is 8.76. The zero-order valence-electron chi connectivity index (χ0n) is 35.2. The smallest absolute Gasteiger partial charge is 0.343 e. The van der Waals surface area contributed by atoms with Gasteiger partial charge in [-0.05, 0) is 51.4 Å². The number of quaternary nitrogens is 1. The summed E-state index contributed by atoms with van der Waals surface area (Å²) >= 11 is 0. The molecule has 0 aromatic heterocycles. The molecule has 6 aliphatic rings. The zero-order valence-corrected chi connectivity index (χ0v) is 36.8. The van der Waals surface area contributed by atoms with Crippen molar-refractivity contribution in [1.29, 1.82) is 0 Å². The number of aliphatic hydroxyl groups is 6. The summed E-state index contributed by atoms with van der Waals surface area (Å²) in [4.78, 5) is 32.4. The molecule has 0 radical (unpaired) electrons. The fraction of sp³-hybridized carbons (Fsp3) is 0.690. The minimum Gasteiger partial charge on any atom is -0.477 e. The first-order valence-electron chi connectivity index (χ1n) is 21.3. The van der Waals surface area contributed by atoms with Crippen LogP contribution in [0.5, 0.6) is 0 Å². The molecule has 3 fully saturated rings. The van der Waals surface area contributed by atoms with Gasteiger partial charge in [-0.15, -0.1) is 6.58 Å². The molecular formula is C42H63N4O14S2+. The summed E-state index contributed by atoms with van der Waals surface area (Å²) in [5, 5.41) is 76.4. The van der Waals surface area contributed by atoms with Gasteiger partial charge in [0.25, 0.3) is 0 Å². The van der Waals surface area contributed by atoms with E-state index in [2.05, 4.69) is 16.9 Å². The standard InChI is InChI=1S/C42H62N4O14S2/c1-4-26-27-9-8-24-16-46(17-28(36(51)52)33(24)45-40(43)44-14-7-15-47)25(18-48)21-61-62-22-30-31(10-13-41(30)11-5-6-12-41)58-37(53)29(27)20-56-38(26)60-39-35(57-23(2)3)42(54,55)34(50)32(19-49)59-39/h4,8-9,17,20,23,25-27,30-32,34-35,38-39,47-50,54-55H,1,5-7,10-16,18-19,21-22H2,2-3H3,(H,51,52)(H3,43,44,45)/p+1. The van der Waals surface area contributed by atoms with E-state index in [0.717, 1.165) is 32.1 Å². The lowest BCUT2D eigenvalue weighted by Gasteiger charge is -2.48. The van der Waals surface area contributed by atoms with Crippen molar-refractivity contribution in [2.45, 2.75) is 114 Å². The van der Waals surface area contributed by atoms with Crippen molar-refractivity contribution in [3.8, 4) is 0 Å². The van der Waals surface area contributed by atoms with Crippen LogP contribution in [0.4, 0.5) is 0 Å². The number of esters is 1. The molecule has 0 amide bonds. The summed E-state index contributed by atoms with van der Waals surface area (Å²) in [5.74, 6) is -5.39. The van der Waals surface area contributed by atoms with E-state index in [1.807, 2.05) is 0 Å². The molecule has 62 heavy (non-hydrogen) atoms. The number of aliphatic imine (C=N–C) groups is 1. The Labute approximate surface area is 369 Å². The van der Waals surface area contributed by atoms with Gasteiger partial charge in [0.15, 0.2) is 18.4 Å². The van der Waals surface area contributed by atoms with Crippen molar-refractivity contribution >= 4 is 39.5 Å². The normalized spacial score (nSPS) is 35.1. The molecular weight excluding hydrogens is 849 g/mol. The fourth-order valence-electron chi connectivity index (χ4n) is 9.52. The van der Waals surface area contributed by atoms with Crippen LogP contribution in [0.3, 0.4) is 0 Å². The Balaban J connectivity index is 1.44. The first-order chi connectivity index (χ1) is 29.7. The lowest BCUT2D eigenvalue weighted by atomic mass is 9.77. The van der Waals surface area contributed by atoms with Crippen LogP contribution in [-0.2, 0) is 33.3 Å². The summed E-state index contributed by atoms with van der Waals surface area (Å²) in [5.41, 5.74) is 6.88. The average molecular weight is 912 g/mol. The number of nitrogens with one attached hydrogen (secondary N) is 2. The largest absolute Gasteiger partial charge is 0.477 e. The van der Waals surface area contributed by atoms with E-state index >= 15 is 0 Å². The Morgan fingerprint density at radius 3 is 2.55 bits per heavy atom. The van der Waals surface area contributed by atoms with Crippen molar-refractivity contribution in [3.63, 3.8) is 0 Å². The SMILES string of the molecule is C=CC1C(OC2OC(CO)C(O)C(O)(O)C2OC(C)C)OC=C2C(=O)OC3CCC4(CCCC4)C3CSSCC(CO)[NH+]3C=C(C(=O)O)C(NC(N)=NCCCO)=C(C=CC21)C3. The van der Waals surface area contributed by atoms with Crippen molar-refractivity contribution in [1.82, 2.24) is 5.32 Å². The van der Waals surface area contributed by atoms with Crippen LogP contribution in [0.25, 0.3) is 0 Å². The maximum absolute atomic E-state index is 14.5. The number of carboxylic acids is 1. The predicted octanol–water partition coefficient (Wildman–Crippen LogP) is -0.184. The van der Waals surface area contributed by atoms with Crippen LogP contribution in [0.15, 0.2) is 64.7 Å². The maximum Gasteiger partial charge on any atom is 0.343 e. The second-order valence-electron chi connectivity index (χ2n) is 17.1. The van der Waals surface area contributed by atoms with Crippen LogP contribution >= 0.6 is 21.6 Å². The topological polar surface area (TPSA) is 277 Å². The maximum atomic E-state index is 14.5. The number of carboxylic acid groups (broad SMARTS) is 1. The molecule has 11 unspecified atom stereocenters. The first-order valence-corrected chi connectivity index (χ1v) is 23.8. The number of hydrogen-bond donors (Lipinski definition) is 10. The number of nitrogens with two attached hydrogens (primary N) is 1. The quantitative estimate of drug-likeness (QED) is 0.0231. The van der Waals surface area contributed by atoms with E-state index in [4.69, 9.17) is 29.4 Å². The molecule has 4 heterocycles. The highest BCUT2D eigenvalue weighted by Crippen LogP contribution is 2.57. The number of ether oxygens (including phenoxy) is 5. The molecule has 2 bridgehead atoms. The molecule has 11 N–H and O–H groups in total. The van der Waals surface area contributed by atoms with Crippen molar-refractivity contribution in [2.75, 3.05) is 44.4 Å². The number of rotatable bonds is 12. The number of aliphatic carboxylic acids is 1. The fourth-order valence-corrected chi connectivity index (χ4v) is 12.4. The second kappa shape index (κ2) is 21.3. The van der Waals surface area contributed by atoms with E-state index in [0.29, 0.717) is 34.8 Å². The number of carbonyl (C=O) groups excluding carboxylic acids is 1. The van der Waals surface area contributed by atoms with Gasteiger partial charge < -0.3 is 70.5 Å². The monoisotopic (exact) mass is 911 g/mol. The third kappa shape index (κ3) is 10.6. The summed E-state index contributed by atoms with van der Waals surface area (Å²) in [6.07, 6.45) is 4.92. The highest BCUT2D eigenvalue weighted by Gasteiger charge is 2.58. The van der Waals surface area contributed by atoms with Gasteiger partial charge in [-0.2, -0.15) is 0 Å². The number of hydrogen-bond acceptors (Lipinski definition) is 16. The number of fused-ring (bicyclic) bond motifs is 5. The molecule has 1 spiro atoms. The zero-order chi connectivity index (χ0) is 44.8. The number of allylic oxidation sites excluding steroid dienone is 1. The molecule has 4 aliphatic heterocycles. The Kier molecular flexibility index (Phi) is 16.7. The van der Waals surface area contributed by atoms with Crippen molar-refractivity contribution in [3.05, 3.63) is 59.7 Å². The van der Waals surface area contributed by atoms with E-state index in [1.165, 1.54) is 12.3 Å². The Hall–Kier alpha value is -2.99. The lowest BCUT2D eigenvalue weighted by Crippen LogP contribution is -3.13. The number of guanidine groups is 1. The average Bonchev–Trinajstić information content (AvgIpc) is 3.85. The number of carbonyl (C=O) groups is 2. The minimum absolute atomic E-state index is 0.0481. The molecule has 2 saturated carbocycles. The summed E-state index contributed by atoms with van der Waals surface area (Å²) in [6, 6.07) is -0.395. The summed E-state index contributed by atoms with van der Waals surface area (Å²) in [6.45, 7) is 6.57. The molecule has 346 valence electrons. The Morgan fingerprint density at radius 2 is 1.89 bits per heavy atom. The van der Waals surface area contributed by atoms with E-state index in [1.54, 1.807) is 53.8 Å². The second-order valence-corrected chi connectivity index (χ2v) is 19.6. The van der Waals surface area contributed by atoms with Crippen LogP contribution < -0.4 is 16.0 Å². The molecule has 20 heteroatoms. The molecule has 0 aromatic carbocycles. The van der Waals surface area contributed by atoms with Crippen LogP contribution in [0.1, 0.15) is 58.8 Å². The van der Waals surface area contributed by atoms with Crippen LogP contribution in [0.2, 0.25) is 0 Å². The molecule has 0 aromatic rings. The predicted molar refractivity (Wildman–Crippen MR) is 228 cm³/mol. The van der Waals surface area contributed by atoms with Crippen LogP contribution in [0, 0.1) is 23.2 Å². The summed E-state index contributed by atoms with van der Waals surface area (Å²) < 4.78 is 30.5. The van der Waals surface area contributed by atoms with Crippen LogP contribution in [-0.4, -0.2) is 153 Å². The van der Waals surface area contributed by atoms with E-state index in [-0.39, 0.29) is 66.5 Å². The van der Waals surface area contributed by atoms with Crippen molar-refractivity contribution in [2.24, 2.45) is 33.9 Å². The lowest BCUT2D eigenvalue weighted by molar-refractivity contribution is -0.867. The van der Waals surface area contributed by atoms with E-state index in [9.17, 15) is 45.3 Å². The van der Waals surface area contributed by atoms with Gasteiger partial charge >= 0.3 is 11.9 Å². The summed E-state index contributed by atoms with van der Waals surface area (Å²) in [7, 11) is 3.28. The van der Waals surface area contributed by atoms with E-state index < -0.39 is 79.2 Å². The Bertz CT molecular complexity index is 1770. The molecule has 6 rings (SSSR count). The van der Waals surface area contributed by atoms with Gasteiger partial charge in [0, 0.05) is 36.3 Å². The number of nitrogens with zero attached hydrogens (tertiary/aromatic N) is 1. The van der Waals surface area contributed by atoms with Gasteiger partial charge in [0.1, 0.15) is 42.7 Å².